The van der Waals surface area contributed by atoms with Gasteiger partial charge in [-0.15, -0.1) is 0 Å². The molecule has 2 aromatic carbocycles. The second kappa shape index (κ2) is 6.25. The van der Waals surface area contributed by atoms with Gasteiger partial charge in [0.25, 0.3) is 5.69 Å². The van der Waals surface area contributed by atoms with E-state index in [9.17, 15) is 10.1 Å². The zero-order chi connectivity index (χ0) is 15.4. The Kier molecular flexibility index (Phi) is 4.41. The van der Waals surface area contributed by atoms with Crippen molar-refractivity contribution in [1.29, 1.82) is 5.26 Å². The van der Waals surface area contributed by atoms with Crippen LogP contribution in [0.5, 0.6) is 0 Å². The van der Waals surface area contributed by atoms with Gasteiger partial charge in [-0.1, -0.05) is 23.7 Å². The Morgan fingerprint density at radius 1 is 1.29 bits per heavy atom. The minimum absolute atomic E-state index is 0.0460. The molecule has 0 spiro atoms. The number of nitrogens with one attached hydrogen (secondary N) is 1. The summed E-state index contributed by atoms with van der Waals surface area (Å²) < 4.78 is 0. The smallest absolute Gasteiger partial charge is 0.289 e. The van der Waals surface area contributed by atoms with Crippen LogP contribution in [0.15, 0.2) is 42.5 Å². The number of anilines is 1. The van der Waals surface area contributed by atoms with Crippen LogP contribution in [0.2, 0.25) is 5.02 Å². The highest BCUT2D eigenvalue weighted by Gasteiger charge is 2.15. The summed E-state index contributed by atoms with van der Waals surface area (Å²) >= 11 is 5.84. The summed E-state index contributed by atoms with van der Waals surface area (Å²) in [6, 6.07) is 13.6. The second-order valence-electron chi connectivity index (χ2n) is 4.52. The highest BCUT2D eigenvalue weighted by molar-refractivity contribution is 6.30. The normalized spacial score (nSPS) is 11.5. The monoisotopic (exact) mass is 301 g/mol. The van der Waals surface area contributed by atoms with Crippen LogP contribution in [0.3, 0.4) is 0 Å². The van der Waals surface area contributed by atoms with Crippen molar-refractivity contribution in [2.75, 3.05) is 5.32 Å². The van der Waals surface area contributed by atoms with Gasteiger partial charge in [0.05, 0.1) is 4.92 Å². The lowest BCUT2D eigenvalue weighted by atomic mass is 10.1. The molecule has 5 nitrogen and oxygen atoms in total. The van der Waals surface area contributed by atoms with Crippen LogP contribution >= 0.6 is 11.6 Å². The molecule has 0 fully saturated rings. The summed E-state index contributed by atoms with van der Waals surface area (Å²) in [5.74, 6) is 0. The van der Waals surface area contributed by atoms with Gasteiger partial charge in [0.15, 0.2) is 0 Å². The van der Waals surface area contributed by atoms with E-state index in [0.717, 1.165) is 5.56 Å². The number of nitriles is 1. The highest BCUT2D eigenvalue weighted by atomic mass is 35.5. The number of halogens is 1. The zero-order valence-corrected chi connectivity index (χ0v) is 12.0. The van der Waals surface area contributed by atoms with Crippen LogP contribution in [0.1, 0.15) is 24.1 Å². The number of benzene rings is 2. The molecule has 1 atom stereocenters. The highest BCUT2D eigenvalue weighted by Crippen LogP contribution is 2.26. The third-order valence-corrected chi connectivity index (χ3v) is 3.32. The van der Waals surface area contributed by atoms with Crippen molar-refractivity contribution in [3.63, 3.8) is 0 Å². The van der Waals surface area contributed by atoms with Crippen molar-refractivity contribution < 1.29 is 4.92 Å². The second-order valence-corrected chi connectivity index (χ2v) is 4.95. The predicted molar refractivity (Wildman–Crippen MR) is 81.3 cm³/mol. The largest absolute Gasteiger partial charge is 0.378 e. The standard InChI is InChI=1S/C15H12ClN3O2/c1-10(11-2-5-13(16)6-3-11)18-14-7-4-12(9-17)15(8-14)19(20)21/h2-8,10,18H,1H3. The molecule has 0 aliphatic carbocycles. The topological polar surface area (TPSA) is 79.0 Å². The first-order valence-electron chi connectivity index (χ1n) is 6.22. The maximum atomic E-state index is 10.9. The molecule has 0 heterocycles. The molecule has 0 aliphatic heterocycles. The van der Waals surface area contributed by atoms with Gasteiger partial charge >= 0.3 is 0 Å². The summed E-state index contributed by atoms with van der Waals surface area (Å²) in [6.07, 6.45) is 0. The Morgan fingerprint density at radius 2 is 1.95 bits per heavy atom. The van der Waals surface area contributed by atoms with Gasteiger partial charge in [0.2, 0.25) is 0 Å². The van der Waals surface area contributed by atoms with Crippen LogP contribution in [0, 0.1) is 21.4 Å². The van der Waals surface area contributed by atoms with E-state index in [-0.39, 0.29) is 17.3 Å². The number of nitro groups is 1. The molecule has 6 heteroatoms. The lowest BCUT2D eigenvalue weighted by Gasteiger charge is -2.15. The van der Waals surface area contributed by atoms with Gasteiger partial charge in [-0.05, 0) is 36.8 Å². The third-order valence-electron chi connectivity index (χ3n) is 3.07. The summed E-state index contributed by atoms with van der Waals surface area (Å²) in [6.45, 7) is 1.94. The third kappa shape index (κ3) is 3.50. The van der Waals surface area contributed by atoms with Crippen molar-refractivity contribution in [3.05, 3.63) is 68.7 Å². The van der Waals surface area contributed by atoms with E-state index in [2.05, 4.69) is 5.32 Å². The molecule has 1 N–H and O–H groups in total. The van der Waals surface area contributed by atoms with E-state index in [1.54, 1.807) is 18.2 Å². The van der Waals surface area contributed by atoms with E-state index < -0.39 is 4.92 Å². The Bertz CT molecular complexity index is 708. The van der Waals surface area contributed by atoms with Crippen LogP contribution in [0.25, 0.3) is 0 Å². The quantitative estimate of drug-likeness (QED) is 0.674. The Morgan fingerprint density at radius 3 is 2.52 bits per heavy atom. The molecule has 0 aromatic heterocycles. The molecule has 0 saturated heterocycles. The molecular weight excluding hydrogens is 290 g/mol. The van der Waals surface area contributed by atoms with E-state index in [1.807, 2.05) is 25.1 Å². The minimum Gasteiger partial charge on any atom is -0.378 e. The zero-order valence-electron chi connectivity index (χ0n) is 11.2. The Hall–Kier alpha value is -2.58. The molecule has 2 aromatic rings. The van der Waals surface area contributed by atoms with Crippen molar-refractivity contribution >= 4 is 23.0 Å². The first-order valence-corrected chi connectivity index (χ1v) is 6.59. The number of nitro benzene ring substituents is 1. The van der Waals surface area contributed by atoms with Gasteiger partial charge in [-0.3, -0.25) is 10.1 Å². The van der Waals surface area contributed by atoms with Crippen molar-refractivity contribution in [2.45, 2.75) is 13.0 Å². The first kappa shape index (κ1) is 14.8. The fourth-order valence-electron chi connectivity index (χ4n) is 1.95. The maximum Gasteiger partial charge on any atom is 0.289 e. The fraction of sp³-hybridized carbons (Fsp3) is 0.133. The average Bonchev–Trinajstić information content (AvgIpc) is 2.47. The van der Waals surface area contributed by atoms with Gasteiger partial charge in [-0.25, -0.2) is 0 Å². The Labute approximate surface area is 126 Å². The van der Waals surface area contributed by atoms with Crippen LogP contribution in [0.4, 0.5) is 11.4 Å². The van der Waals surface area contributed by atoms with Crippen molar-refractivity contribution in [2.24, 2.45) is 0 Å². The SMILES string of the molecule is CC(Nc1ccc(C#N)c([N+](=O)[O-])c1)c1ccc(Cl)cc1. The molecule has 0 radical (unpaired) electrons. The van der Waals surface area contributed by atoms with E-state index in [1.165, 1.54) is 12.1 Å². The molecule has 0 amide bonds. The molecule has 1 unspecified atom stereocenters. The Balaban J connectivity index is 2.23. The molecular formula is C15H12ClN3O2. The fourth-order valence-corrected chi connectivity index (χ4v) is 2.08. The lowest BCUT2D eigenvalue weighted by Crippen LogP contribution is -2.07. The molecule has 2 rings (SSSR count). The number of hydrogen-bond acceptors (Lipinski definition) is 4. The van der Waals surface area contributed by atoms with E-state index >= 15 is 0 Å². The van der Waals surface area contributed by atoms with Gasteiger partial charge < -0.3 is 5.32 Å². The molecule has 0 saturated carbocycles. The molecule has 0 bridgehead atoms. The van der Waals surface area contributed by atoms with Crippen LogP contribution < -0.4 is 5.32 Å². The number of rotatable bonds is 4. The maximum absolute atomic E-state index is 10.9. The van der Waals surface area contributed by atoms with Crippen LogP contribution in [-0.4, -0.2) is 4.92 Å². The number of nitrogens with zero attached hydrogens (tertiary/aromatic N) is 2. The molecule has 106 valence electrons. The van der Waals surface area contributed by atoms with Crippen LogP contribution in [-0.2, 0) is 0 Å². The first-order chi connectivity index (χ1) is 10.0. The predicted octanol–water partition coefficient (Wildman–Crippen LogP) is 4.29. The van der Waals surface area contributed by atoms with Gasteiger partial charge in [-0.2, -0.15) is 5.26 Å². The van der Waals surface area contributed by atoms with Crippen molar-refractivity contribution in [1.82, 2.24) is 0 Å². The summed E-state index contributed by atoms with van der Waals surface area (Å²) in [7, 11) is 0. The van der Waals surface area contributed by atoms with Gasteiger partial charge in [0.1, 0.15) is 11.6 Å². The summed E-state index contributed by atoms with van der Waals surface area (Å²) in [4.78, 5) is 10.4. The molecule has 21 heavy (non-hydrogen) atoms. The van der Waals surface area contributed by atoms with E-state index in [0.29, 0.717) is 10.7 Å². The minimum atomic E-state index is -0.559. The number of hydrogen-bond donors (Lipinski definition) is 1. The summed E-state index contributed by atoms with van der Waals surface area (Å²) in [5, 5.41) is 23.6. The van der Waals surface area contributed by atoms with Crippen molar-refractivity contribution in [3.8, 4) is 6.07 Å². The summed E-state index contributed by atoms with van der Waals surface area (Å²) in [5.41, 5.74) is 1.44. The average molecular weight is 302 g/mol. The lowest BCUT2D eigenvalue weighted by molar-refractivity contribution is -0.385. The van der Waals surface area contributed by atoms with E-state index in [4.69, 9.17) is 16.9 Å². The van der Waals surface area contributed by atoms with Gasteiger partial charge in [0, 0.05) is 22.8 Å². The molecule has 0 aliphatic rings.